The number of carbonyl (C=O) groups is 1. The van der Waals surface area contributed by atoms with Crippen LogP contribution in [0.25, 0.3) is 0 Å². The maximum Gasteiger partial charge on any atom is 0.320 e. The molecule has 9 heteroatoms. The predicted octanol–water partition coefficient (Wildman–Crippen LogP) is 2.24. The molecular formula is C14H18N4O4S. The van der Waals surface area contributed by atoms with Gasteiger partial charge in [-0.1, -0.05) is 23.4 Å². The molecule has 1 heterocycles. The Morgan fingerprint density at radius 2 is 2.00 bits per heavy atom. The molecular weight excluding hydrogens is 320 g/mol. The Hall–Kier alpha value is -2.55. The van der Waals surface area contributed by atoms with E-state index in [1.165, 1.54) is 0 Å². The highest BCUT2D eigenvalue weighted by atomic mass is 32.2. The fraction of sp³-hybridized carbons (Fsp3) is 0.286. The highest BCUT2D eigenvalue weighted by Crippen LogP contribution is 2.23. The molecule has 2 rings (SSSR count). The zero-order chi connectivity index (χ0) is 17.0. The van der Waals surface area contributed by atoms with E-state index in [1.54, 1.807) is 44.2 Å². The first kappa shape index (κ1) is 16.8. The first-order valence-corrected chi connectivity index (χ1v) is 8.71. The first-order chi connectivity index (χ1) is 10.7. The minimum absolute atomic E-state index is 0.301. The summed E-state index contributed by atoms with van der Waals surface area (Å²) < 4.78 is 30.1. The highest BCUT2D eigenvalue weighted by molar-refractivity contribution is 7.92. The van der Waals surface area contributed by atoms with Crippen LogP contribution in [0.3, 0.4) is 0 Å². The standard InChI is InChI=1S/C14H18N4O4S/c1-9-8-13(17-22-9)16-14(19)15-10(2)11-6-4-5-7-12(11)18-23(3,20)21/h4-8,10,18H,1-3H3,(H2,15,16,17,19). The molecule has 0 spiro atoms. The van der Waals surface area contributed by atoms with E-state index < -0.39 is 22.1 Å². The number of para-hydroxylation sites is 1. The van der Waals surface area contributed by atoms with Crippen LogP contribution < -0.4 is 15.4 Å². The number of aryl methyl sites for hydroxylation is 1. The summed E-state index contributed by atoms with van der Waals surface area (Å²) in [4.78, 5) is 12.0. The minimum atomic E-state index is -3.41. The second-order valence-corrected chi connectivity index (χ2v) is 6.85. The van der Waals surface area contributed by atoms with Gasteiger partial charge in [-0.05, 0) is 25.5 Å². The summed E-state index contributed by atoms with van der Waals surface area (Å²) in [5, 5.41) is 8.91. The van der Waals surface area contributed by atoms with Gasteiger partial charge >= 0.3 is 6.03 Å². The molecule has 0 saturated heterocycles. The van der Waals surface area contributed by atoms with Crippen LogP contribution in [0.2, 0.25) is 0 Å². The van der Waals surface area contributed by atoms with E-state index in [-0.39, 0.29) is 0 Å². The number of amides is 2. The first-order valence-electron chi connectivity index (χ1n) is 6.82. The van der Waals surface area contributed by atoms with Gasteiger partial charge in [0.25, 0.3) is 0 Å². The number of sulfonamides is 1. The third-order valence-corrected chi connectivity index (χ3v) is 3.53. The molecule has 1 aromatic carbocycles. The van der Waals surface area contributed by atoms with Gasteiger partial charge in [-0.25, -0.2) is 13.2 Å². The highest BCUT2D eigenvalue weighted by Gasteiger charge is 2.15. The molecule has 2 amide bonds. The second-order valence-electron chi connectivity index (χ2n) is 5.10. The Kier molecular flexibility index (Phi) is 4.89. The molecule has 1 atom stereocenters. The fourth-order valence-corrected chi connectivity index (χ4v) is 2.60. The number of aromatic nitrogens is 1. The molecule has 1 unspecified atom stereocenters. The van der Waals surface area contributed by atoms with Gasteiger partial charge in [0.05, 0.1) is 18.0 Å². The van der Waals surface area contributed by atoms with Crippen LogP contribution >= 0.6 is 0 Å². The quantitative estimate of drug-likeness (QED) is 0.774. The van der Waals surface area contributed by atoms with Crippen LogP contribution in [0.5, 0.6) is 0 Å². The summed E-state index contributed by atoms with van der Waals surface area (Å²) in [7, 11) is -3.41. The van der Waals surface area contributed by atoms with E-state index in [0.29, 0.717) is 22.8 Å². The van der Waals surface area contributed by atoms with E-state index in [1.807, 2.05) is 0 Å². The molecule has 2 aromatic rings. The Morgan fingerprint density at radius 1 is 1.30 bits per heavy atom. The number of hydrogen-bond acceptors (Lipinski definition) is 5. The molecule has 0 radical (unpaired) electrons. The lowest BCUT2D eigenvalue weighted by Crippen LogP contribution is -2.31. The van der Waals surface area contributed by atoms with Crippen molar-refractivity contribution in [1.82, 2.24) is 10.5 Å². The summed E-state index contributed by atoms with van der Waals surface area (Å²) >= 11 is 0. The topological polar surface area (TPSA) is 113 Å². The predicted molar refractivity (Wildman–Crippen MR) is 86.7 cm³/mol. The van der Waals surface area contributed by atoms with Gasteiger partial charge in [0.15, 0.2) is 5.82 Å². The summed E-state index contributed by atoms with van der Waals surface area (Å²) in [5.41, 5.74) is 1.06. The van der Waals surface area contributed by atoms with Crippen molar-refractivity contribution >= 4 is 27.6 Å². The Morgan fingerprint density at radius 3 is 2.61 bits per heavy atom. The maximum atomic E-state index is 12.0. The third-order valence-electron chi connectivity index (χ3n) is 2.94. The largest absolute Gasteiger partial charge is 0.360 e. The lowest BCUT2D eigenvalue weighted by Gasteiger charge is -2.18. The molecule has 0 aliphatic heterocycles. The van der Waals surface area contributed by atoms with Crippen molar-refractivity contribution in [3.63, 3.8) is 0 Å². The van der Waals surface area contributed by atoms with Gasteiger partial charge in [0.1, 0.15) is 5.76 Å². The van der Waals surface area contributed by atoms with Gasteiger partial charge in [-0.3, -0.25) is 10.0 Å². The van der Waals surface area contributed by atoms with E-state index >= 15 is 0 Å². The van der Waals surface area contributed by atoms with Crippen LogP contribution in [-0.2, 0) is 10.0 Å². The molecule has 23 heavy (non-hydrogen) atoms. The van der Waals surface area contributed by atoms with Gasteiger partial charge in [0.2, 0.25) is 10.0 Å². The van der Waals surface area contributed by atoms with E-state index in [4.69, 9.17) is 4.52 Å². The number of hydrogen-bond donors (Lipinski definition) is 3. The van der Waals surface area contributed by atoms with Crippen LogP contribution in [0.4, 0.5) is 16.3 Å². The zero-order valence-corrected chi connectivity index (χ0v) is 13.8. The van der Waals surface area contributed by atoms with Crippen LogP contribution in [0, 0.1) is 6.92 Å². The normalized spacial score (nSPS) is 12.5. The monoisotopic (exact) mass is 338 g/mol. The summed E-state index contributed by atoms with van der Waals surface area (Å²) in [6.45, 7) is 3.46. The summed E-state index contributed by atoms with van der Waals surface area (Å²) in [5.74, 6) is 0.880. The molecule has 8 nitrogen and oxygen atoms in total. The molecule has 0 bridgehead atoms. The molecule has 0 aliphatic carbocycles. The van der Waals surface area contributed by atoms with Gasteiger partial charge in [-0.2, -0.15) is 0 Å². The van der Waals surface area contributed by atoms with Crippen molar-refractivity contribution in [3.8, 4) is 0 Å². The lowest BCUT2D eigenvalue weighted by molar-refractivity contribution is 0.249. The maximum absolute atomic E-state index is 12.0. The van der Waals surface area contributed by atoms with Crippen LogP contribution in [0.15, 0.2) is 34.9 Å². The van der Waals surface area contributed by atoms with Crippen molar-refractivity contribution < 1.29 is 17.7 Å². The Bertz CT molecular complexity index is 801. The number of rotatable bonds is 5. The van der Waals surface area contributed by atoms with Crippen LogP contribution in [-0.4, -0.2) is 25.9 Å². The van der Waals surface area contributed by atoms with Gasteiger partial charge in [0, 0.05) is 6.07 Å². The van der Waals surface area contributed by atoms with E-state index in [9.17, 15) is 13.2 Å². The number of carbonyl (C=O) groups excluding carboxylic acids is 1. The minimum Gasteiger partial charge on any atom is -0.360 e. The van der Waals surface area contributed by atoms with E-state index in [0.717, 1.165) is 6.26 Å². The van der Waals surface area contributed by atoms with E-state index in [2.05, 4.69) is 20.5 Å². The molecule has 124 valence electrons. The zero-order valence-electron chi connectivity index (χ0n) is 13.0. The Labute approximate surface area is 134 Å². The summed E-state index contributed by atoms with van der Waals surface area (Å²) in [6, 6.07) is 7.53. The summed E-state index contributed by atoms with van der Waals surface area (Å²) in [6.07, 6.45) is 1.07. The average Bonchev–Trinajstić information content (AvgIpc) is 2.82. The van der Waals surface area contributed by atoms with Crippen molar-refractivity contribution in [1.29, 1.82) is 0 Å². The van der Waals surface area contributed by atoms with Crippen molar-refractivity contribution in [2.45, 2.75) is 19.9 Å². The second kappa shape index (κ2) is 6.69. The number of anilines is 2. The Balaban J connectivity index is 2.08. The SMILES string of the molecule is Cc1cc(NC(=O)NC(C)c2ccccc2NS(C)(=O)=O)no1. The van der Waals surface area contributed by atoms with Crippen molar-refractivity contribution in [3.05, 3.63) is 41.7 Å². The smallest absolute Gasteiger partial charge is 0.320 e. The number of nitrogens with zero attached hydrogens (tertiary/aromatic N) is 1. The molecule has 1 aromatic heterocycles. The van der Waals surface area contributed by atoms with Crippen molar-refractivity contribution in [2.24, 2.45) is 0 Å². The van der Waals surface area contributed by atoms with Crippen molar-refractivity contribution in [2.75, 3.05) is 16.3 Å². The van der Waals surface area contributed by atoms with Crippen LogP contribution in [0.1, 0.15) is 24.3 Å². The molecule has 3 N–H and O–H groups in total. The lowest BCUT2D eigenvalue weighted by atomic mass is 10.1. The molecule has 0 fully saturated rings. The molecule has 0 saturated carbocycles. The fourth-order valence-electron chi connectivity index (χ4n) is 2.02. The third kappa shape index (κ3) is 4.99. The average molecular weight is 338 g/mol. The number of benzene rings is 1. The number of nitrogens with one attached hydrogen (secondary N) is 3. The van der Waals surface area contributed by atoms with Gasteiger partial charge in [-0.15, -0.1) is 0 Å². The number of urea groups is 1. The van der Waals surface area contributed by atoms with Gasteiger partial charge < -0.3 is 9.84 Å². The molecule has 0 aliphatic rings.